The van der Waals surface area contributed by atoms with Crippen LogP contribution in [-0.4, -0.2) is 55.5 Å². The Morgan fingerprint density at radius 2 is 1.35 bits per heavy atom. The molecule has 150 valence electrons. The van der Waals surface area contributed by atoms with Gasteiger partial charge in [0.25, 0.3) is 0 Å². The SMILES string of the molecule is NC1CCC(=O)NC1.NC1CCCCNC1=O.NC1CCNC(=O)CC1. The van der Waals surface area contributed by atoms with Gasteiger partial charge < -0.3 is 33.2 Å². The molecule has 3 unspecified atom stereocenters. The van der Waals surface area contributed by atoms with Crippen molar-refractivity contribution < 1.29 is 14.4 Å². The van der Waals surface area contributed by atoms with Crippen LogP contribution in [0.15, 0.2) is 0 Å². The van der Waals surface area contributed by atoms with Gasteiger partial charge in [-0.15, -0.1) is 0 Å². The number of carbonyl (C=O) groups excluding carboxylic acids is 3. The Balaban J connectivity index is 0.000000195. The third-order valence-corrected chi connectivity index (χ3v) is 4.46. The molecular weight excluding hydrogens is 336 g/mol. The van der Waals surface area contributed by atoms with Gasteiger partial charge in [-0.2, -0.15) is 0 Å². The summed E-state index contributed by atoms with van der Waals surface area (Å²) in [5.41, 5.74) is 16.6. The number of nitrogens with two attached hydrogens (primary N) is 3. The van der Waals surface area contributed by atoms with Crippen LogP contribution in [0.5, 0.6) is 0 Å². The summed E-state index contributed by atoms with van der Waals surface area (Å²) >= 11 is 0. The smallest absolute Gasteiger partial charge is 0.236 e. The van der Waals surface area contributed by atoms with E-state index < -0.39 is 0 Å². The molecule has 3 aliphatic rings. The Kier molecular flexibility index (Phi) is 10.8. The molecule has 3 amide bonds. The van der Waals surface area contributed by atoms with Gasteiger partial charge in [0.15, 0.2) is 0 Å². The van der Waals surface area contributed by atoms with E-state index in [-0.39, 0.29) is 35.8 Å². The number of hydrogen-bond donors (Lipinski definition) is 6. The topological polar surface area (TPSA) is 165 Å². The summed E-state index contributed by atoms with van der Waals surface area (Å²) in [4.78, 5) is 31.9. The molecule has 3 aliphatic heterocycles. The monoisotopic (exact) mass is 370 g/mol. The maximum Gasteiger partial charge on any atom is 0.236 e. The van der Waals surface area contributed by atoms with Gasteiger partial charge in [0.2, 0.25) is 17.7 Å². The lowest BCUT2D eigenvalue weighted by Crippen LogP contribution is -2.42. The molecule has 26 heavy (non-hydrogen) atoms. The Morgan fingerprint density at radius 1 is 0.692 bits per heavy atom. The van der Waals surface area contributed by atoms with E-state index in [0.717, 1.165) is 51.6 Å². The molecule has 9 nitrogen and oxygen atoms in total. The lowest BCUT2D eigenvalue weighted by atomic mass is 10.1. The average molecular weight is 370 g/mol. The van der Waals surface area contributed by atoms with Crippen LogP contribution in [0.3, 0.4) is 0 Å². The highest BCUT2D eigenvalue weighted by atomic mass is 16.2. The van der Waals surface area contributed by atoms with Gasteiger partial charge in [-0.25, -0.2) is 0 Å². The molecule has 9 N–H and O–H groups in total. The summed E-state index contributed by atoms with van der Waals surface area (Å²) in [7, 11) is 0. The predicted molar refractivity (Wildman–Crippen MR) is 99.9 cm³/mol. The van der Waals surface area contributed by atoms with Crippen molar-refractivity contribution in [2.75, 3.05) is 19.6 Å². The minimum absolute atomic E-state index is 0.00694. The van der Waals surface area contributed by atoms with Crippen LogP contribution in [-0.2, 0) is 14.4 Å². The lowest BCUT2D eigenvalue weighted by molar-refractivity contribution is -0.123. The fraction of sp³-hybridized carbons (Fsp3) is 0.824. The summed E-state index contributed by atoms with van der Waals surface area (Å²) in [5, 5.41) is 8.15. The van der Waals surface area contributed by atoms with Crippen LogP contribution < -0.4 is 33.2 Å². The fourth-order valence-electron chi connectivity index (χ4n) is 2.66. The molecule has 0 aromatic rings. The average Bonchev–Trinajstić information content (AvgIpc) is 2.92. The maximum absolute atomic E-state index is 10.8. The molecule has 3 rings (SSSR count). The van der Waals surface area contributed by atoms with Crippen molar-refractivity contribution in [1.82, 2.24) is 16.0 Å². The lowest BCUT2D eigenvalue weighted by Gasteiger charge is -2.17. The van der Waals surface area contributed by atoms with Crippen molar-refractivity contribution in [2.45, 2.75) is 69.5 Å². The van der Waals surface area contributed by atoms with Crippen LogP contribution in [0.2, 0.25) is 0 Å². The molecule has 0 radical (unpaired) electrons. The van der Waals surface area contributed by atoms with Gasteiger partial charge in [-0.1, -0.05) is 0 Å². The second-order valence-electron chi connectivity index (χ2n) is 6.93. The second kappa shape index (κ2) is 12.6. The van der Waals surface area contributed by atoms with Crippen molar-refractivity contribution in [3.8, 4) is 0 Å². The van der Waals surface area contributed by atoms with Gasteiger partial charge in [-0.3, -0.25) is 14.4 Å². The summed E-state index contributed by atoms with van der Waals surface area (Å²) < 4.78 is 0. The van der Waals surface area contributed by atoms with E-state index in [2.05, 4.69) is 16.0 Å². The van der Waals surface area contributed by atoms with Gasteiger partial charge in [0.05, 0.1) is 6.04 Å². The highest BCUT2D eigenvalue weighted by Crippen LogP contribution is 2.02. The molecule has 0 aliphatic carbocycles. The Bertz CT molecular complexity index is 450. The van der Waals surface area contributed by atoms with Crippen molar-refractivity contribution in [1.29, 1.82) is 0 Å². The number of nitrogens with one attached hydrogen (secondary N) is 3. The van der Waals surface area contributed by atoms with Crippen LogP contribution in [0.25, 0.3) is 0 Å². The van der Waals surface area contributed by atoms with E-state index in [0.29, 0.717) is 19.4 Å². The molecule has 0 saturated carbocycles. The molecule has 0 spiro atoms. The first-order valence-electron chi connectivity index (χ1n) is 9.46. The third-order valence-electron chi connectivity index (χ3n) is 4.46. The zero-order valence-corrected chi connectivity index (χ0v) is 15.5. The molecule has 0 bridgehead atoms. The number of piperidine rings is 1. The summed E-state index contributed by atoms with van der Waals surface area (Å²) in [6, 6.07) is 0.157. The first-order valence-corrected chi connectivity index (χ1v) is 9.46. The van der Waals surface area contributed by atoms with Gasteiger partial charge >= 0.3 is 0 Å². The molecular formula is C17H34N6O3. The van der Waals surface area contributed by atoms with Gasteiger partial charge in [0.1, 0.15) is 0 Å². The zero-order chi connectivity index (χ0) is 19.4. The minimum Gasteiger partial charge on any atom is -0.356 e. The second-order valence-corrected chi connectivity index (χ2v) is 6.93. The van der Waals surface area contributed by atoms with Crippen molar-refractivity contribution >= 4 is 17.7 Å². The van der Waals surface area contributed by atoms with Crippen molar-refractivity contribution in [3.63, 3.8) is 0 Å². The number of carbonyl (C=O) groups is 3. The number of hydrogen-bond acceptors (Lipinski definition) is 6. The molecule has 3 saturated heterocycles. The Hall–Kier alpha value is -1.71. The fourth-order valence-corrected chi connectivity index (χ4v) is 2.66. The Labute approximate surface area is 155 Å². The minimum atomic E-state index is -0.257. The number of rotatable bonds is 0. The van der Waals surface area contributed by atoms with Crippen molar-refractivity contribution in [3.05, 3.63) is 0 Å². The number of amides is 3. The molecule has 3 fully saturated rings. The van der Waals surface area contributed by atoms with Crippen LogP contribution >= 0.6 is 0 Å². The predicted octanol–water partition coefficient (Wildman–Crippen LogP) is -1.55. The van der Waals surface area contributed by atoms with Crippen LogP contribution in [0.1, 0.15) is 51.4 Å². The van der Waals surface area contributed by atoms with E-state index in [9.17, 15) is 14.4 Å². The third kappa shape index (κ3) is 10.3. The maximum atomic E-state index is 10.8. The van der Waals surface area contributed by atoms with Crippen LogP contribution in [0, 0.1) is 0 Å². The summed E-state index contributed by atoms with van der Waals surface area (Å²) in [6.45, 7) is 2.20. The largest absolute Gasteiger partial charge is 0.356 e. The van der Waals surface area contributed by atoms with Gasteiger partial charge in [-0.05, 0) is 38.5 Å². The normalized spacial score (nSPS) is 29.2. The van der Waals surface area contributed by atoms with Crippen molar-refractivity contribution in [2.24, 2.45) is 17.2 Å². The summed E-state index contributed by atoms with van der Waals surface area (Å²) in [5.74, 6) is 0.280. The molecule has 9 heteroatoms. The van der Waals surface area contributed by atoms with E-state index in [4.69, 9.17) is 17.2 Å². The van der Waals surface area contributed by atoms with E-state index in [1.807, 2.05) is 0 Å². The quantitative estimate of drug-likeness (QED) is 0.302. The zero-order valence-electron chi connectivity index (χ0n) is 15.5. The van der Waals surface area contributed by atoms with Crippen LogP contribution in [0.4, 0.5) is 0 Å². The standard InChI is InChI=1S/2C6H12N2O.C5H10N2O/c7-5-1-2-6(9)8-4-3-5;7-5-3-1-2-4-8-6(5)9;6-4-1-2-5(8)7-3-4/h2*5H,1-4,7H2,(H,8,9);4H,1-3,6H2,(H,7,8). The Morgan fingerprint density at radius 3 is 2.00 bits per heavy atom. The highest BCUT2D eigenvalue weighted by molar-refractivity contribution is 5.81. The van der Waals surface area contributed by atoms with E-state index >= 15 is 0 Å². The van der Waals surface area contributed by atoms with E-state index in [1.165, 1.54) is 0 Å². The molecule has 3 heterocycles. The molecule has 0 aromatic heterocycles. The first kappa shape index (κ1) is 22.3. The molecule has 3 atom stereocenters. The van der Waals surface area contributed by atoms with Gasteiger partial charge in [0, 0.05) is 44.6 Å². The first-order chi connectivity index (χ1) is 12.4. The highest BCUT2D eigenvalue weighted by Gasteiger charge is 2.15. The van der Waals surface area contributed by atoms with E-state index in [1.54, 1.807) is 0 Å². The molecule has 0 aromatic carbocycles. The summed E-state index contributed by atoms with van der Waals surface area (Å²) in [6.07, 6.45) is 6.77.